The highest BCUT2D eigenvalue weighted by Crippen LogP contribution is 2.23. The summed E-state index contributed by atoms with van der Waals surface area (Å²) in [6.45, 7) is 1.78. The molecule has 9 nitrogen and oxygen atoms in total. The monoisotopic (exact) mass is 440 g/mol. The summed E-state index contributed by atoms with van der Waals surface area (Å²) >= 11 is 1.10. The lowest BCUT2D eigenvalue weighted by molar-refractivity contribution is -0.123. The average molecular weight is 440 g/mol. The number of carbonyl (C=O) groups is 3. The van der Waals surface area contributed by atoms with E-state index in [1.807, 2.05) is 24.3 Å². The zero-order chi connectivity index (χ0) is 22.4. The van der Waals surface area contributed by atoms with E-state index in [9.17, 15) is 14.4 Å². The first-order valence-electron chi connectivity index (χ1n) is 9.23. The van der Waals surface area contributed by atoms with Gasteiger partial charge in [-0.2, -0.15) is 5.10 Å². The van der Waals surface area contributed by atoms with Crippen molar-refractivity contribution in [2.24, 2.45) is 10.2 Å². The summed E-state index contributed by atoms with van der Waals surface area (Å²) in [6, 6.07) is 13.1. The van der Waals surface area contributed by atoms with Crippen molar-refractivity contribution in [3.05, 3.63) is 59.7 Å². The number of hydrogen-bond donors (Lipinski definition) is 3. The Labute approximate surface area is 182 Å². The van der Waals surface area contributed by atoms with E-state index in [-0.39, 0.29) is 29.0 Å². The Morgan fingerprint density at radius 2 is 1.77 bits per heavy atom. The van der Waals surface area contributed by atoms with E-state index in [4.69, 9.17) is 9.84 Å². The number of carboxylic acid groups (broad SMARTS) is 1. The molecule has 0 aromatic heterocycles. The molecule has 1 aliphatic rings. The van der Waals surface area contributed by atoms with Crippen molar-refractivity contribution >= 4 is 46.1 Å². The number of anilines is 1. The predicted molar refractivity (Wildman–Crippen MR) is 119 cm³/mol. The van der Waals surface area contributed by atoms with Crippen LogP contribution >= 0.6 is 11.8 Å². The van der Waals surface area contributed by atoms with Crippen LogP contribution in [0.4, 0.5) is 5.69 Å². The van der Waals surface area contributed by atoms with Gasteiger partial charge in [0.1, 0.15) is 11.0 Å². The van der Waals surface area contributed by atoms with Gasteiger partial charge >= 0.3 is 5.97 Å². The first-order valence-corrected chi connectivity index (χ1v) is 10.1. The third kappa shape index (κ3) is 5.92. The molecule has 1 atom stereocenters. The Morgan fingerprint density at radius 3 is 2.39 bits per heavy atom. The van der Waals surface area contributed by atoms with Gasteiger partial charge in [-0.05, 0) is 61.0 Å². The van der Waals surface area contributed by atoms with Gasteiger partial charge < -0.3 is 20.5 Å². The number of benzene rings is 2. The van der Waals surface area contributed by atoms with Gasteiger partial charge in [0, 0.05) is 12.1 Å². The Morgan fingerprint density at radius 1 is 1.13 bits per heavy atom. The number of nitrogens with one attached hydrogen (secondary N) is 2. The number of rotatable bonds is 6. The summed E-state index contributed by atoms with van der Waals surface area (Å²) in [6.07, 6.45) is -0.0100. The van der Waals surface area contributed by atoms with E-state index in [0.29, 0.717) is 11.4 Å². The maximum Gasteiger partial charge on any atom is 0.335 e. The van der Waals surface area contributed by atoms with Crippen molar-refractivity contribution in [3.63, 3.8) is 0 Å². The van der Waals surface area contributed by atoms with Gasteiger partial charge in [0.25, 0.3) is 0 Å². The number of nitrogens with zero attached hydrogens (tertiary/aromatic N) is 2. The van der Waals surface area contributed by atoms with Crippen LogP contribution in [0.15, 0.2) is 58.7 Å². The minimum Gasteiger partial charge on any atom is -0.497 e. The molecule has 0 aliphatic carbocycles. The molecule has 0 unspecified atom stereocenters. The van der Waals surface area contributed by atoms with Gasteiger partial charge in [0.05, 0.1) is 18.4 Å². The second-order valence-electron chi connectivity index (χ2n) is 6.55. The maximum absolute atomic E-state index is 12.6. The molecule has 3 rings (SSSR count). The molecule has 2 amide bonds. The third-order valence-corrected chi connectivity index (χ3v) is 5.43. The molecular formula is C21H20N4O5S. The summed E-state index contributed by atoms with van der Waals surface area (Å²) in [7, 11) is 1.59. The molecule has 1 saturated heterocycles. The first kappa shape index (κ1) is 22.0. The van der Waals surface area contributed by atoms with Crippen LogP contribution < -0.4 is 15.4 Å². The average Bonchev–Trinajstić information content (AvgIpc) is 2.77. The lowest BCUT2D eigenvalue weighted by Crippen LogP contribution is -2.41. The van der Waals surface area contributed by atoms with E-state index in [0.717, 1.165) is 23.1 Å². The molecule has 31 heavy (non-hydrogen) atoms. The summed E-state index contributed by atoms with van der Waals surface area (Å²) < 4.78 is 5.13. The lowest BCUT2D eigenvalue weighted by Gasteiger charge is -2.21. The highest BCUT2D eigenvalue weighted by atomic mass is 32.2. The van der Waals surface area contributed by atoms with Crippen LogP contribution in [0.3, 0.4) is 0 Å². The summed E-state index contributed by atoms with van der Waals surface area (Å²) in [5, 5.41) is 22.0. The molecule has 3 N–H and O–H groups in total. The molecule has 0 spiro atoms. The predicted octanol–water partition coefficient (Wildman–Crippen LogP) is 2.73. The molecule has 1 aliphatic heterocycles. The standard InChI is InChI=1S/C21H20N4O5S/c1-12(13-5-9-16(30-2)10-6-13)24-25-21-23-18(26)11-17(31-21)19(27)22-15-7-3-14(4-8-15)20(28)29/h3-10,17H,11H2,1-2H3,(H,22,27)(H,28,29)(H,23,25,26)/b24-12-/t17-/m0/s1. The molecule has 2 aromatic rings. The molecule has 1 heterocycles. The van der Waals surface area contributed by atoms with Gasteiger partial charge in [-0.15, -0.1) is 5.10 Å². The van der Waals surface area contributed by atoms with E-state index in [2.05, 4.69) is 20.8 Å². The largest absolute Gasteiger partial charge is 0.497 e. The lowest BCUT2D eigenvalue weighted by atomic mass is 10.1. The van der Waals surface area contributed by atoms with Gasteiger partial charge in [0.2, 0.25) is 11.8 Å². The van der Waals surface area contributed by atoms with Crippen molar-refractivity contribution in [2.45, 2.75) is 18.6 Å². The van der Waals surface area contributed by atoms with E-state index in [1.165, 1.54) is 24.3 Å². The molecular weight excluding hydrogens is 420 g/mol. The Kier molecular flexibility index (Phi) is 7.03. The van der Waals surface area contributed by atoms with Crippen molar-refractivity contribution in [3.8, 4) is 5.75 Å². The second kappa shape index (κ2) is 9.90. The molecule has 1 fully saturated rings. The van der Waals surface area contributed by atoms with Crippen molar-refractivity contribution in [1.82, 2.24) is 5.32 Å². The highest BCUT2D eigenvalue weighted by molar-refractivity contribution is 8.15. The minimum atomic E-state index is -1.05. The molecule has 0 bridgehead atoms. The zero-order valence-electron chi connectivity index (χ0n) is 16.8. The van der Waals surface area contributed by atoms with E-state index >= 15 is 0 Å². The van der Waals surface area contributed by atoms with Crippen LogP contribution in [0.5, 0.6) is 5.75 Å². The highest BCUT2D eigenvalue weighted by Gasteiger charge is 2.30. The number of methoxy groups -OCH3 is 1. The number of aromatic carboxylic acids is 1. The van der Waals surface area contributed by atoms with Crippen LogP contribution in [0.25, 0.3) is 0 Å². The van der Waals surface area contributed by atoms with Crippen molar-refractivity contribution in [1.29, 1.82) is 0 Å². The quantitative estimate of drug-likeness (QED) is 0.468. The summed E-state index contributed by atoms with van der Waals surface area (Å²) in [5.74, 6) is -1.05. The van der Waals surface area contributed by atoms with Crippen LogP contribution in [0.1, 0.15) is 29.3 Å². The van der Waals surface area contributed by atoms with Crippen molar-refractivity contribution < 1.29 is 24.2 Å². The molecule has 0 radical (unpaired) electrons. The fraction of sp³-hybridized carbons (Fsp3) is 0.190. The maximum atomic E-state index is 12.6. The summed E-state index contributed by atoms with van der Waals surface area (Å²) in [5.41, 5.74) is 2.03. The number of amidine groups is 1. The Bertz CT molecular complexity index is 1050. The van der Waals surface area contributed by atoms with E-state index < -0.39 is 11.2 Å². The first-order chi connectivity index (χ1) is 14.9. The number of ether oxygens (including phenoxy) is 1. The number of thioether (sulfide) groups is 1. The van der Waals surface area contributed by atoms with Crippen LogP contribution in [-0.4, -0.2) is 46.1 Å². The van der Waals surface area contributed by atoms with Crippen LogP contribution in [0.2, 0.25) is 0 Å². The number of carbonyl (C=O) groups excluding carboxylic acids is 2. The van der Waals surface area contributed by atoms with Crippen LogP contribution in [0, 0.1) is 0 Å². The minimum absolute atomic E-state index is 0.0100. The summed E-state index contributed by atoms with van der Waals surface area (Å²) in [4.78, 5) is 35.5. The fourth-order valence-electron chi connectivity index (χ4n) is 2.67. The number of carboxylic acids is 1. The van der Waals surface area contributed by atoms with Crippen LogP contribution in [-0.2, 0) is 9.59 Å². The normalized spacial score (nSPS) is 17.7. The number of hydrogen-bond acceptors (Lipinski definition) is 7. The van der Waals surface area contributed by atoms with Crippen molar-refractivity contribution in [2.75, 3.05) is 12.4 Å². The number of amides is 2. The van der Waals surface area contributed by atoms with E-state index in [1.54, 1.807) is 14.0 Å². The van der Waals surface area contributed by atoms with Gasteiger partial charge in [-0.25, -0.2) is 4.79 Å². The van der Waals surface area contributed by atoms with Gasteiger partial charge in [0.15, 0.2) is 5.17 Å². The second-order valence-corrected chi connectivity index (χ2v) is 7.74. The molecule has 10 heteroatoms. The fourth-order valence-corrected chi connectivity index (χ4v) is 3.60. The van der Waals surface area contributed by atoms with Gasteiger partial charge in [-0.1, -0.05) is 11.8 Å². The molecule has 0 saturated carbocycles. The third-order valence-electron chi connectivity index (χ3n) is 4.36. The Hall–Kier alpha value is -3.66. The molecule has 160 valence electrons. The SMILES string of the molecule is COc1ccc(/C(C)=N\N=C2\NC(=O)C[C@@H](C(=O)Nc3ccc(C(=O)O)cc3)S2)cc1. The zero-order valence-corrected chi connectivity index (χ0v) is 17.6. The topological polar surface area (TPSA) is 129 Å². The molecule has 2 aromatic carbocycles. The Balaban J connectivity index is 1.67. The van der Waals surface area contributed by atoms with Gasteiger partial charge in [-0.3, -0.25) is 9.59 Å². The smallest absolute Gasteiger partial charge is 0.335 e.